The predicted molar refractivity (Wildman–Crippen MR) is 68.5 cm³/mol. The van der Waals surface area contributed by atoms with Crippen LogP contribution in [0.25, 0.3) is 0 Å². The van der Waals surface area contributed by atoms with E-state index >= 15 is 0 Å². The zero-order valence-corrected chi connectivity index (χ0v) is 10.7. The summed E-state index contributed by atoms with van der Waals surface area (Å²) in [5.74, 6) is 0. The molecule has 1 unspecified atom stereocenters. The van der Waals surface area contributed by atoms with Crippen LogP contribution in [0.15, 0.2) is 30.3 Å². The lowest BCUT2D eigenvalue weighted by atomic mass is 9.92. The van der Waals surface area contributed by atoms with E-state index in [9.17, 15) is 5.26 Å². The number of hydrogen-bond donors (Lipinski definition) is 1. The molecule has 0 aliphatic carbocycles. The molecule has 92 valence electrons. The number of ether oxygens (including phenoxy) is 1. The van der Waals surface area contributed by atoms with Crippen molar-refractivity contribution >= 4 is 0 Å². The normalized spacial score (nSPS) is 14.3. The van der Waals surface area contributed by atoms with Gasteiger partial charge in [0, 0.05) is 0 Å². The topological polar surface area (TPSA) is 45.0 Å². The quantitative estimate of drug-likeness (QED) is 0.819. The van der Waals surface area contributed by atoms with Crippen molar-refractivity contribution in [3.63, 3.8) is 0 Å². The lowest BCUT2D eigenvalue weighted by Crippen LogP contribution is -2.45. The summed E-state index contributed by atoms with van der Waals surface area (Å²) in [6.45, 7) is 7.02. The summed E-state index contributed by atoms with van der Waals surface area (Å²) in [6, 6.07) is 12.1. The molecule has 1 rings (SSSR count). The van der Waals surface area contributed by atoms with Crippen molar-refractivity contribution in [3.05, 3.63) is 35.9 Å². The van der Waals surface area contributed by atoms with Crippen molar-refractivity contribution in [1.29, 1.82) is 5.26 Å². The van der Waals surface area contributed by atoms with Crippen LogP contribution in [0.5, 0.6) is 0 Å². The first kappa shape index (κ1) is 13.7. The fourth-order valence-corrected chi connectivity index (χ4v) is 1.69. The van der Waals surface area contributed by atoms with Crippen LogP contribution in [-0.2, 0) is 10.3 Å². The molecular weight excluding hydrogens is 212 g/mol. The average molecular weight is 232 g/mol. The van der Waals surface area contributed by atoms with E-state index in [0.29, 0.717) is 6.61 Å². The first-order chi connectivity index (χ1) is 8.14. The van der Waals surface area contributed by atoms with E-state index < -0.39 is 5.54 Å². The molecule has 0 amide bonds. The van der Waals surface area contributed by atoms with Crippen LogP contribution in [-0.4, -0.2) is 19.3 Å². The Labute approximate surface area is 103 Å². The van der Waals surface area contributed by atoms with Gasteiger partial charge in [0.05, 0.1) is 18.8 Å². The molecule has 0 aliphatic heterocycles. The second-order valence-corrected chi connectivity index (χ2v) is 4.27. The van der Waals surface area contributed by atoms with Crippen molar-refractivity contribution in [3.8, 4) is 6.07 Å². The summed E-state index contributed by atoms with van der Waals surface area (Å²) in [6.07, 6.45) is 0.116. The number of hydrogen-bond acceptors (Lipinski definition) is 3. The molecule has 0 aliphatic rings. The molecular formula is C14H20N2O. The summed E-state index contributed by atoms with van der Waals surface area (Å²) in [4.78, 5) is 0. The molecule has 0 bridgehead atoms. The molecule has 0 saturated carbocycles. The molecule has 1 N–H and O–H groups in total. The Bertz CT molecular complexity index is 370. The Kier molecular flexibility index (Phi) is 5.14. The van der Waals surface area contributed by atoms with Gasteiger partial charge in [0.15, 0.2) is 5.54 Å². The maximum atomic E-state index is 9.48. The number of nitrogens with zero attached hydrogens (tertiary/aromatic N) is 1. The summed E-state index contributed by atoms with van der Waals surface area (Å²) in [5.41, 5.74) is 0.199. The van der Waals surface area contributed by atoms with E-state index in [2.05, 4.69) is 11.4 Å². The second kappa shape index (κ2) is 6.39. The van der Waals surface area contributed by atoms with E-state index in [1.165, 1.54) is 0 Å². The lowest BCUT2D eigenvalue weighted by Gasteiger charge is -2.28. The Hall–Kier alpha value is -1.37. The molecule has 17 heavy (non-hydrogen) atoms. The van der Waals surface area contributed by atoms with Gasteiger partial charge in [0.1, 0.15) is 0 Å². The first-order valence-corrected chi connectivity index (χ1v) is 5.98. The highest BCUT2D eigenvalue weighted by Gasteiger charge is 2.31. The minimum atomic E-state index is -0.750. The van der Waals surface area contributed by atoms with Gasteiger partial charge in [0.25, 0.3) is 0 Å². The van der Waals surface area contributed by atoms with E-state index in [-0.39, 0.29) is 6.10 Å². The maximum Gasteiger partial charge on any atom is 0.155 e. The third-order valence-electron chi connectivity index (χ3n) is 2.57. The Morgan fingerprint density at radius 1 is 1.35 bits per heavy atom. The number of nitrogens with one attached hydrogen (secondary N) is 1. The molecule has 0 aromatic heterocycles. The predicted octanol–water partition coefficient (Wildman–Crippen LogP) is 2.44. The van der Waals surface area contributed by atoms with Gasteiger partial charge in [-0.1, -0.05) is 37.3 Å². The molecule has 0 saturated heterocycles. The van der Waals surface area contributed by atoms with Gasteiger partial charge in [-0.15, -0.1) is 0 Å². The van der Waals surface area contributed by atoms with Crippen LogP contribution in [0.1, 0.15) is 26.3 Å². The maximum absolute atomic E-state index is 9.48. The summed E-state index contributed by atoms with van der Waals surface area (Å²) < 4.78 is 5.62. The van der Waals surface area contributed by atoms with Crippen molar-refractivity contribution in [1.82, 2.24) is 5.32 Å². The minimum Gasteiger partial charge on any atom is -0.375 e. The highest BCUT2D eigenvalue weighted by molar-refractivity contribution is 5.31. The van der Waals surface area contributed by atoms with Crippen molar-refractivity contribution < 1.29 is 4.74 Å². The smallest absolute Gasteiger partial charge is 0.155 e. The van der Waals surface area contributed by atoms with Gasteiger partial charge in [-0.2, -0.15) is 5.26 Å². The standard InChI is InChI=1S/C14H20N2O/c1-4-16-14(10-15,11-17-12(2)3)13-8-6-5-7-9-13/h5-9,12,16H,4,11H2,1-3H3. The number of likely N-dealkylation sites (N-methyl/N-ethyl adjacent to an activating group) is 1. The highest BCUT2D eigenvalue weighted by Crippen LogP contribution is 2.21. The molecule has 0 spiro atoms. The molecule has 3 nitrogen and oxygen atoms in total. The van der Waals surface area contributed by atoms with E-state index in [4.69, 9.17) is 4.74 Å². The average Bonchev–Trinajstić information content (AvgIpc) is 2.35. The van der Waals surface area contributed by atoms with Gasteiger partial charge in [-0.3, -0.25) is 5.32 Å². The van der Waals surface area contributed by atoms with Crippen molar-refractivity contribution in [2.24, 2.45) is 0 Å². The number of benzene rings is 1. The summed E-state index contributed by atoms with van der Waals surface area (Å²) >= 11 is 0. The monoisotopic (exact) mass is 232 g/mol. The summed E-state index contributed by atoms with van der Waals surface area (Å²) in [7, 11) is 0. The summed E-state index contributed by atoms with van der Waals surface area (Å²) in [5, 5.41) is 12.7. The van der Waals surface area contributed by atoms with Gasteiger partial charge in [0.2, 0.25) is 0 Å². The van der Waals surface area contributed by atoms with Crippen LogP contribution in [0.4, 0.5) is 0 Å². The first-order valence-electron chi connectivity index (χ1n) is 5.98. The Morgan fingerprint density at radius 2 is 2.00 bits per heavy atom. The van der Waals surface area contributed by atoms with Crippen LogP contribution in [0, 0.1) is 11.3 Å². The lowest BCUT2D eigenvalue weighted by molar-refractivity contribution is 0.0436. The van der Waals surface area contributed by atoms with Gasteiger partial charge in [-0.25, -0.2) is 0 Å². The minimum absolute atomic E-state index is 0.116. The van der Waals surface area contributed by atoms with E-state index in [1.54, 1.807) is 0 Å². The SMILES string of the molecule is CCNC(C#N)(COC(C)C)c1ccccc1. The molecule has 0 radical (unpaired) electrons. The Morgan fingerprint density at radius 3 is 2.47 bits per heavy atom. The molecule has 3 heteroatoms. The second-order valence-electron chi connectivity index (χ2n) is 4.27. The third kappa shape index (κ3) is 3.55. The third-order valence-corrected chi connectivity index (χ3v) is 2.57. The molecule has 1 aromatic carbocycles. The molecule has 1 atom stereocenters. The largest absolute Gasteiger partial charge is 0.375 e. The van der Waals surface area contributed by atoms with Gasteiger partial charge < -0.3 is 4.74 Å². The van der Waals surface area contributed by atoms with Crippen LogP contribution in [0.3, 0.4) is 0 Å². The van der Waals surface area contributed by atoms with Crippen LogP contribution in [0.2, 0.25) is 0 Å². The number of nitriles is 1. The fraction of sp³-hybridized carbons (Fsp3) is 0.500. The number of rotatable bonds is 6. The van der Waals surface area contributed by atoms with E-state index in [1.807, 2.05) is 51.1 Å². The molecule has 0 fully saturated rings. The van der Waals surface area contributed by atoms with Crippen molar-refractivity contribution in [2.75, 3.05) is 13.2 Å². The van der Waals surface area contributed by atoms with Crippen molar-refractivity contribution in [2.45, 2.75) is 32.4 Å². The zero-order valence-electron chi connectivity index (χ0n) is 10.7. The fourth-order valence-electron chi connectivity index (χ4n) is 1.69. The van der Waals surface area contributed by atoms with Gasteiger partial charge in [-0.05, 0) is 26.0 Å². The van der Waals surface area contributed by atoms with Crippen LogP contribution < -0.4 is 5.32 Å². The van der Waals surface area contributed by atoms with Gasteiger partial charge >= 0.3 is 0 Å². The highest BCUT2D eigenvalue weighted by atomic mass is 16.5. The molecule has 1 aromatic rings. The molecule has 0 heterocycles. The zero-order chi connectivity index (χ0) is 12.7. The Balaban J connectivity index is 2.97. The van der Waals surface area contributed by atoms with Crippen LogP contribution >= 0.6 is 0 Å². The van der Waals surface area contributed by atoms with E-state index in [0.717, 1.165) is 12.1 Å².